The largest absolute Gasteiger partial charge is 0.573 e. The standard InChI is InChI=1S/C22H18F3NO2/c23-22(24,25)28-21-12-15(6-8-19(21)16-4-2-1-3-5-16)14-27-18-7-9-20-17(13-18)10-11-26-20/h1-9,12-13,26H,10-11,14H2. The molecule has 0 fully saturated rings. The molecule has 0 atom stereocenters. The van der Waals surface area contributed by atoms with Crippen LogP contribution in [0.15, 0.2) is 66.7 Å². The second kappa shape index (κ2) is 7.46. The average molecular weight is 385 g/mol. The van der Waals surface area contributed by atoms with Crippen LogP contribution >= 0.6 is 0 Å². The van der Waals surface area contributed by atoms with Gasteiger partial charge in [0.2, 0.25) is 0 Å². The quantitative estimate of drug-likeness (QED) is 0.602. The molecular formula is C22H18F3NO2. The molecule has 1 aliphatic rings. The number of alkyl halides is 3. The number of ether oxygens (including phenoxy) is 2. The molecule has 0 saturated heterocycles. The molecule has 0 unspecified atom stereocenters. The highest BCUT2D eigenvalue weighted by Gasteiger charge is 2.32. The van der Waals surface area contributed by atoms with E-state index in [1.807, 2.05) is 24.3 Å². The summed E-state index contributed by atoms with van der Waals surface area (Å²) in [5, 5.41) is 3.27. The summed E-state index contributed by atoms with van der Waals surface area (Å²) in [6.45, 7) is 1.05. The molecule has 0 amide bonds. The molecule has 0 bridgehead atoms. The van der Waals surface area contributed by atoms with Crippen molar-refractivity contribution in [1.82, 2.24) is 0 Å². The van der Waals surface area contributed by atoms with Crippen molar-refractivity contribution in [3.05, 3.63) is 77.9 Å². The van der Waals surface area contributed by atoms with Crippen molar-refractivity contribution in [1.29, 1.82) is 0 Å². The molecule has 1 heterocycles. The van der Waals surface area contributed by atoms with Gasteiger partial charge in [0.25, 0.3) is 0 Å². The van der Waals surface area contributed by atoms with Crippen LogP contribution in [0.1, 0.15) is 11.1 Å². The summed E-state index contributed by atoms with van der Waals surface area (Å²) in [4.78, 5) is 0. The lowest BCUT2D eigenvalue weighted by atomic mass is 10.0. The number of rotatable bonds is 5. The Kier molecular flexibility index (Phi) is 4.86. The van der Waals surface area contributed by atoms with E-state index in [4.69, 9.17) is 4.74 Å². The SMILES string of the molecule is FC(F)(F)Oc1cc(COc2ccc3c(c2)CCN3)ccc1-c1ccccc1. The van der Waals surface area contributed by atoms with Crippen LogP contribution in [0.25, 0.3) is 11.1 Å². The number of nitrogens with one attached hydrogen (secondary N) is 1. The Hall–Kier alpha value is -3.15. The first-order chi connectivity index (χ1) is 13.5. The zero-order chi connectivity index (χ0) is 19.6. The van der Waals surface area contributed by atoms with E-state index in [1.165, 1.54) is 11.6 Å². The van der Waals surface area contributed by atoms with Gasteiger partial charge in [-0.2, -0.15) is 0 Å². The van der Waals surface area contributed by atoms with Crippen LogP contribution in [0, 0.1) is 0 Å². The van der Waals surface area contributed by atoms with Gasteiger partial charge in [0.15, 0.2) is 0 Å². The number of anilines is 1. The van der Waals surface area contributed by atoms with Crippen molar-refractivity contribution < 1.29 is 22.6 Å². The summed E-state index contributed by atoms with van der Waals surface area (Å²) >= 11 is 0. The normalized spacial score (nSPS) is 13.0. The Balaban J connectivity index is 1.56. The number of hydrogen-bond donors (Lipinski definition) is 1. The lowest BCUT2D eigenvalue weighted by molar-refractivity contribution is -0.274. The molecule has 0 spiro atoms. The Bertz CT molecular complexity index is 971. The predicted molar refractivity (Wildman–Crippen MR) is 102 cm³/mol. The van der Waals surface area contributed by atoms with Crippen molar-refractivity contribution in [3.8, 4) is 22.6 Å². The van der Waals surface area contributed by atoms with Gasteiger partial charge in [0, 0.05) is 17.8 Å². The fraction of sp³-hybridized carbons (Fsp3) is 0.182. The van der Waals surface area contributed by atoms with Crippen molar-refractivity contribution in [2.75, 3.05) is 11.9 Å². The first-order valence-corrected chi connectivity index (χ1v) is 8.92. The van der Waals surface area contributed by atoms with E-state index >= 15 is 0 Å². The third kappa shape index (κ3) is 4.22. The number of halogens is 3. The molecule has 4 rings (SSSR count). The van der Waals surface area contributed by atoms with E-state index in [0.717, 1.165) is 18.7 Å². The van der Waals surface area contributed by atoms with Crippen LogP contribution in [0.2, 0.25) is 0 Å². The second-order valence-electron chi connectivity index (χ2n) is 6.53. The van der Waals surface area contributed by atoms with Crippen molar-refractivity contribution in [3.63, 3.8) is 0 Å². The summed E-state index contributed by atoms with van der Waals surface area (Å²) in [6, 6.07) is 19.4. The van der Waals surface area contributed by atoms with Gasteiger partial charge in [-0.25, -0.2) is 0 Å². The highest BCUT2D eigenvalue weighted by atomic mass is 19.4. The lowest BCUT2D eigenvalue weighted by Gasteiger charge is -2.15. The number of benzene rings is 3. The molecule has 0 radical (unpaired) electrons. The summed E-state index contributed by atoms with van der Waals surface area (Å²) in [6.07, 6.45) is -3.84. The van der Waals surface area contributed by atoms with E-state index in [0.29, 0.717) is 22.4 Å². The first kappa shape index (κ1) is 18.2. The third-order valence-electron chi connectivity index (χ3n) is 4.55. The Morgan fingerprint density at radius 2 is 1.75 bits per heavy atom. The van der Waals surface area contributed by atoms with Crippen LogP contribution in [-0.4, -0.2) is 12.9 Å². The van der Waals surface area contributed by atoms with Gasteiger partial charge in [-0.05, 0) is 47.4 Å². The third-order valence-corrected chi connectivity index (χ3v) is 4.55. The van der Waals surface area contributed by atoms with E-state index in [-0.39, 0.29) is 12.4 Å². The molecular weight excluding hydrogens is 367 g/mol. The first-order valence-electron chi connectivity index (χ1n) is 8.92. The summed E-state index contributed by atoms with van der Waals surface area (Å²) in [7, 11) is 0. The van der Waals surface area contributed by atoms with Crippen LogP contribution in [-0.2, 0) is 13.0 Å². The maximum Gasteiger partial charge on any atom is 0.573 e. The van der Waals surface area contributed by atoms with Crippen molar-refractivity contribution >= 4 is 5.69 Å². The molecule has 144 valence electrons. The fourth-order valence-corrected chi connectivity index (χ4v) is 3.26. The molecule has 0 aromatic heterocycles. The van der Waals surface area contributed by atoms with Gasteiger partial charge in [-0.3, -0.25) is 0 Å². The monoisotopic (exact) mass is 385 g/mol. The van der Waals surface area contributed by atoms with Gasteiger partial charge in [0.05, 0.1) is 0 Å². The van der Waals surface area contributed by atoms with Crippen LogP contribution in [0.5, 0.6) is 11.5 Å². The molecule has 0 saturated carbocycles. The zero-order valence-electron chi connectivity index (χ0n) is 14.9. The van der Waals surface area contributed by atoms with E-state index in [2.05, 4.69) is 10.1 Å². The van der Waals surface area contributed by atoms with Crippen molar-refractivity contribution in [2.45, 2.75) is 19.4 Å². The zero-order valence-corrected chi connectivity index (χ0v) is 14.9. The highest BCUT2D eigenvalue weighted by Crippen LogP contribution is 2.35. The van der Waals surface area contributed by atoms with Crippen molar-refractivity contribution in [2.24, 2.45) is 0 Å². The van der Waals surface area contributed by atoms with Gasteiger partial charge in [-0.15, -0.1) is 13.2 Å². The predicted octanol–water partition coefficient (Wildman–Crippen LogP) is 5.80. The molecule has 1 aliphatic heterocycles. The minimum absolute atomic E-state index is 0.148. The molecule has 28 heavy (non-hydrogen) atoms. The minimum atomic E-state index is -4.77. The minimum Gasteiger partial charge on any atom is -0.489 e. The lowest BCUT2D eigenvalue weighted by Crippen LogP contribution is -2.18. The smallest absolute Gasteiger partial charge is 0.489 e. The molecule has 6 heteroatoms. The molecule has 3 nitrogen and oxygen atoms in total. The molecule has 0 aliphatic carbocycles. The summed E-state index contributed by atoms with van der Waals surface area (Å²) < 4.78 is 48.7. The van der Waals surface area contributed by atoms with Gasteiger partial charge in [0.1, 0.15) is 18.1 Å². The van der Waals surface area contributed by atoms with Gasteiger partial charge < -0.3 is 14.8 Å². The van der Waals surface area contributed by atoms with E-state index in [9.17, 15) is 13.2 Å². The molecule has 3 aromatic carbocycles. The average Bonchev–Trinajstić information content (AvgIpc) is 3.14. The Labute approximate surface area is 160 Å². The summed E-state index contributed by atoms with van der Waals surface area (Å²) in [5.41, 5.74) is 3.90. The Morgan fingerprint density at radius 1 is 0.929 bits per heavy atom. The topological polar surface area (TPSA) is 30.5 Å². The molecule has 3 aromatic rings. The van der Waals surface area contributed by atoms with E-state index < -0.39 is 6.36 Å². The Morgan fingerprint density at radius 3 is 2.54 bits per heavy atom. The number of hydrogen-bond acceptors (Lipinski definition) is 3. The molecule has 1 N–H and O–H groups in total. The van der Waals surface area contributed by atoms with Crippen LogP contribution in [0.3, 0.4) is 0 Å². The maximum atomic E-state index is 12.9. The van der Waals surface area contributed by atoms with Gasteiger partial charge in [-0.1, -0.05) is 42.5 Å². The van der Waals surface area contributed by atoms with Crippen LogP contribution < -0.4 is 14.8 Å². The second-order valence-corrected chi connectivity index (χ2v) is 6.53. The highest BCUT2D eigenvalue weighted by molar-refractivity contribution is 5.71. The van der Waals surface area contributed by atoms with E-state index in [1.54, 1.807) is 36.4 Å². The fourth-order valence-electron chi connectivity index (χ4n) is 3.26. The summed E-state index contributed by atoms with van der Waals surface area (Å²) in [5.74, 6) is 0.450. The van der Waals surface area contributed by atoms with Crippen LogP contribution in [0.4, 0.5) is 18.9 Å². The number of fused-ring (bicyclic) bond motifs is 1. The van der Waals surface area contributed by atoms with Gasteiger partial charge >= 0.3 is 6.36 Å². The maximum absolute atomic E-state index is 12.9.